The first-order valence-electron chi connectivity index (χ1n) is 4.77. The van der Waals surface area contributed by atoms with Gasteiger partial charge in [-0.1, -0.05) is 11.6 Å². The van der Waals surface area contributed by atoms with E-state index < -0.39 is 0 Å². The number of aryl methyl sites for hydroxylation is 1. The predicted molar refractivity (Wildman–Crippen MR) is 60.0 cm³/mol. The topological polar surface area (TPSA) is 34.9 Å². The van der Waals surface area contributed by atoms with Gasteiger partial charge < -0.3 is 4.57 Å². The quantitative estimate of drug-likeness (QED) is 0.800. The van der Waals surface area contributed by atoms with E-state index in [4.69, 9.17) is 11.6 Å². The van der Waals surface area contributed by atoms with Crippen LogP contribution in [0.1, 0.15) is 13.3 Å². The van der Waals surface area contributed by atoms with Gasteiger partial charge in [0.25, 0.3) is 0 Å². The van der Waals surface area contributed by atoms with Crippen LogP contribution in [-0.4, -0.2) is 15.3 Å². The standard InChI is InChI=1S/C11H11ClN2O/c1-8(15)3-6-14-7-4-9-10(12)2-5-13-11(9)14/h2,4-5,7H,3,6H2,1H3. The van der Waals surface area contributed by atoms with E-state index in [2.05, 4.69) is 4.98 Å². The molecule has 0 aliphatic heterocycles. The maximum absolute atomic E-state index is 10.9. The molecule has 4 heteroatoms. The normalized spacial score (nSPS) is 10.8. The van der Waals surface area contributed by atoms with Crippen LogP contribution in [0.4, 0.5) is 0 Å². The third-order valence-corrected chi connectivity index (χ3v) is 2.64. The molecule has 2 aromatic heterocycles. The molecule has 2 aromatic rings. The molecule has 78 valence electrons. The van der Waals surface area contributed by atoms with Crippen LogP contribution >= 0.6 is 11.6 Å². The van der Waals surface area contributed by atoms with Crippen LogP contribution in [0.2, 0.25) is 5.02 Å². The number of rotatable bonds is 3. The summed E-state index contributed by atoms with van der Waals surface area (Å²) in [6.07, 6.45) is 4.11. The Labute approximate surface area is 92.7 Å². The van der Waals surface area contributed by atoms with Crippen LogP contribution in [0.25, 0.3) is 11.0 Å². The average molecular weight is 223 g/mol. The van der Waals surface area contributed by atoms with Gasteiger partial charge in [-0.25, -0.2) is 4.98 Å². The van der Waals surface area contributed by atoms with Gasteiger partial charge in [0.05, 0.1) is 5.02 Å². The van der Waals surface area contributed by atoms with Crippen LogP contribution in [0.3, 0.4) is 0 Å². The monoisotopic (exact) mass is 222 g/mol. The molecule has 15 heavy (non-hydrogen) atoms. The fourth-order valence-corrected chi connectivity index (χ4v) is 1.72. The van der Waals surface area contributed by atoms with Crippen molar-refractivity contribution in [3.8, 4) is 0 Å². The highest BCUT2D eigenvalue weighted by atomic mass is 35.5. The first-order chi connectivity index (χ1) is 7.18. The molecule has 0 unspecified atom stereocenters. The zero-order chi connectivity index (χ0) is 10.8. The predicted octanol–water partition coefficient (Wildman–Crippen LogP) is 2.67. The Balaban J connectivity index is 2.37. The highest BCUT2D eigenvalue weighted by Crippen LogP contribution is 2.22. The summed E-state index contributed by atoms with van der Waals surface area (Å²) in [6.45, 7) is 2.25. The van der Waals surface area contributed by atoms with Crippen LogP contribution in [0.5, 0.6) is 0 Å². The molecule has 0 saturated heterocycles. The van der Waals surface area contributed by atoms with Gasteiger partial charge in [0.1, 0.15) is 11.4 Å². The summed E-state index contributed by atoms with van der Waals surface area (Å²) in [5.41, 5.74) is 0.837. The number of fused-ring (bicyclic) bond motifs is 1. The summed E-state index contributed by atoms with van der Waals surface area (Å²) in [7, 11) is 0. The highest BCUT2D eigenvalue weighted by molar-refractivity contribution is 6.35. The molecule has 2 heterocycles. The maximum atomic E-state index is 10.9. The van der Waals surface area contributed by atoms with Crippen LogP contribution in [0.15, 0.2) is 24.5 Å². The second-order valence-electron chi connectivity index (χ2n) is 3.49. The van der Waals surface area contributed by atoms with Crippen molar-refractivity contribution in [1.29, 1.82) is 0 Å². The summed E-state index contributed by atoms with van der Waals surface area (Å²) in [5.74, 6) is 0.180. The van der Waals surface area contributed by atoms with Crippen molar-refractivity contribution in [3.63, 3.8) is 0 Å². The van der Waals surface area contributed by atoms with Crippen molar-refractivity contribution in [2.24, 2.45) is 0 Å². The van der Waals surface area contributed by atoms with Crippen molar-refractivity contribution in [2.75, 3.05) is 0 Å². The zero-order valence-electron chi connectivity index (χ0n) is 8.40. The van der Waals surface area contributed by atoms with Crippen LogP contribution in [0, 0.1) is 0 Å². The fourth-order valence-electron chi connectivity index (χ4n) is 1.52. The zero-order valence-corrected chi connectivity index (χ0v) is 9.16. The number of halogens is 1. The first kappa shape index (κ1) is 10.2. The molecule has 0 aliphatic carbocycles. The molecule has 2 rings (SSSR count). The largest absolute Gasteiger partial charge is 0.332 e. The SMILES string of the molecule is CC(=O)CCn1ccc2c(Cl)ccnc21. The van der Waals surface area contributed by atoms with Gasteiger partial charge >= 0.3 is 0 Å². The molecule has 0 amide bonds. The van der Waals surface area contributed by atoms with Crippen molar-refractivity contribution in [1.82, 2.24) is 9.55 Å². The molecular weight excluding hydrogens is 212 g/mol. The molecule has 0 aromatic carbocycles. The molecule has 0 spiro atoms. The van der Waals surface area contributed by atoms with E-state index in [1.165, 1.54) is 0 Å². The smallest absolute Gasteiger partial charge is 0.141 e. The van der Waals surface area contributed by atoms with Gasteiger partial charge in [-0.05, 0) is 19.1 Å². The minimum absolute atomic E-state index is 0.180. The molecule has 0 saturated carbocycles. The molecule has 3 nitrogen and oxygen atoms in total. The van der Waals surface area contributed by atoms with E-state index >= 15 is 0 Å². The number of hydrogen-bond donors (Lipinski definition) is 0. The summed E-state index contributed by atoms with van der Waals surface area (Å²) in [5, 5.41) is 1.63. The number of aromatic nitrogens is 2. The third kappa shape index (κ3) is 2.02. The molecular formula is C11H11ClN2O. The molecule has 0 aliphatic rings. The molecule has 0 bridgehead atoms. The number of carbonyl (C=O) groups excluding carboxylic acids is 1. The Morgan fingerprint density at radius 1 is 1.53 bits per heavy atom. The number of pyridine rings is 1. The van der Waals surface area contributed by atoms with Gasteiger partial charge in [0, 0.05) is 30.7 Å². The summed E-state index contributed by atoms with van der Waals surface area (Å²) in [4.78, 5) is 15.1. The average Bonchev–Trinajstić information content (AvgIpc) is 2.59. The van der Waals surface area contributed by atoms with Crippen molar-refractivity contribution >= 4 is 28.4 Å². The van der Waals surface area contributed by atoms with Crippen LogP contribution < -0.4 is 0 Å². The van der Waals surface area contributed by atoms with Crippen molar-refractivity contribution in [2.45, 2.75) is 19.9 Å². The molecule has 0 fully saturated rings. The number of Topliss-reactive ketones (excluding diaryl/α,β-unsaturated/α-hetero) is 1. The van der Waals surface area contributed by atoms with Gasteiger partial charge in [-0.15, -0.1) is 0 Å². The number of hydrogen-bond acceptors (Lipinski definition) is 2. The van der Waals surface area contributed by atoms with E-state index in [-0.39, 0.29) is 5.78 Å². The van der Waals surface area contributed by atoms with Crippen molar-refractivity contribution < 1.29 is 4.79 Å². The molecule has 0 N–H and O–H groups in total. The lowest BCUT2D eigenvalue weighted by atomic mass is 10.3. The lowest BCUT2D eigenvalue weighted by Crippen LogP contribution is -2.01. The van der Waals surface area contributed by atoms with Gasteiger partial charge in [-0.2, -0.15) is 0 Å². The van der Waals surface area contributed by atoms with E-state index in [0.717, 1.165) is 11.0 Å². The molecule has 0 atom stereocenters. The summed E-state index contributed by atoms with van der Waals surface area (Å²) < 4.78 is 1.95. The van der Waals surface area contributed by atoms with Gasteiger partial charge in [-0.3, -0.25) is 4.79 Å². The van der Waals surface area contributed by atoms with E-state index in [0.29, 0.717) is 18.0 Å². The number of ketones is 1. The third-order valence-electron chi connectivity index (χ3n) is 2.31. The molecule has 0 radical (unpaired) electrons. The summed E-state index contributed by atoms with van der Waals surface area (Å²) >= 11 is 6.01. The fraction of sp³-hybridized carbons (Fsp3) is 0.273. The first-order valence-corrected chi connectivity index (χ1v) is 5.15. The minimum atomic E-state index is 0.180. The van der Waals surface area contributed by atoms with E-state index in [9.17, 15) is 4.79 Å². The van der Waals surface area contributed by atoms with Crippen LogP contribution in [-0.2, 0) is 11.3 Å². The van der Waals surface area contributed by atoms with Gasteiger partial charge in [0.15, 0.2) is 0 Å². The van der Waals surface area contributed by atoms with Gasteiger partial charge in [0.2, 0.25) is 0 Å². The maximum Gasteiger partial charge on any atom is 0.141 e. The highest BCUT2D eigenvalue weighted by Gasteiger charge is 2.05. The van der Waals surface area contributed by atoms with Crippen molar-refractivity contribution in [3.05, 3.63) is 29.5 Å². The number of carbonyl (C=O) groups is 1. The Bertz CT molecular complexity index is 504. The number of nitrogens with zero attached hydrogens (tertiary/aromatic N) is 2. The lowest BCUT2D eigenvalue weighted by molar-refractivity contribution is -0.117. The second kappa shape index (κ2) is 4.03. The Hall–Kier alpha value is -1.35. The Kier molecular flexibility index (Phi) is 2.73. The van der Waals surface area contributed by atoms with E-state index in [1.807, 2.05) is 16.8 Å². The van der Waals surface area contributed by atoms with E-state index in [1.54, 1.807) is 19.2 Å². The Morgan fingerprint density at radius 3 is 3.07 bits per heavy atom. The summed E-state index contributed by atoms with van der Waals surface area (Å²) in [6, 6.07) is 3.68. The Morgan fingerprint density at radius 2 is 2.33 bits per heavy atom. The lowest BCUT2D eigenvalue weighted by Gasteiger charge is -2.02. The minimum Gasteiger partial charge on any atom is -0.332 e. The second-order valence-corrected chi connectivity index (χ2v) is 3.90.